The fourth-order valence-corrected chi connectivity index (χ4v) is 5.66. The van der Waals surface area contributed by atoms with Gasteiger partial charge in [0.2, 0.25) is 5.91 Å². The van der Waals surface area contributed by atoms with Crippen LogP contribution in [0.15, 0.2) is 77.7 Å². The van der Waals surface area contributed by atoms with Crippen LogP contribution >= 0.6 is 11.8 Å². The van der Waals surface area contributed by atoms with Gasteiger partial charge in [-0.1, -0.05) is 42.0 Å². The Kier molecular flexibility index (Phi) is 9.01. The Morgan fingerprint density at radius 1 is 0.971 bits per heavy atom. The maximum Gasteiger partial charge on any atom is 0.264 e. The van der Waals surface area contributed by atoms with Crippen LogP contribution < -0.4 is 14.4 Å². The van der Waals surface area contributed by atoms with Gasteiger partial charge < -0.3 is 10.1 Å². The Morgan fingerprint density at radius 3 is 2.29 bits per heavy atom. The van der Waals surface area contributed by atoms with Gasteiger partial charge in [-0.05, 0) is 61.4 Å². The van der Waals surface area contributed by atoms with Crippen molar-refractivity contribution in [2.75, 3.05) is 30.3 Å². The summed E-state index contributed by atoms with van der Waals surface area (Å²) in [5, 5.41) is 2.85. The van der Waals surface area contributed by atoms with E-state index in [2.05, 4.69) is 24.4 Å². The Balaban J connectivity index is 1.66. The van der Waals surface area contributed by atoms with Crippen molar-refractivity contribution in [3.05, 3.63) is 89.5 Å². The largest absolute Gasteiger partial charge is 0.497 e. The number of amides is 1. The first-order valence-electron chi connectivity index (χ1n) is 10.9. The van der Waals surface area contributed by atoms with Crippen molar-refractivity contribution < 1.29 is 17.9 Å². The van der Waals surface area contributed by atoms with E-state index in [-0.39, 0.29) is 17.3 Å². The predicted octanol–water partition coefficient (Wildman–Crippen LogP) is 4.56. The van der Waals surface area contributed by atoms with Crippen molar-refractivity contribution in [2.45, 2.75) is 24.5 Å². The van der Waals surface area contributed by atoms with E-state index in [1.54, 1.807) is 67.4 Å². The lowest BCUT2D eigenvalue weighted by Crippen LogP contribution is -2.41. The van der Waals surface area contributed by atoms with Crippen LogP contribution in [0.4, 0.5) is 5.69 Å². The number of anilines is 1. The lowest BCUT2D eigenvalue weighted by Gasteiger charge is -2.24. The molecule has 3 rings (SSSR count). The molecule has 0 fully saturated rings. The molecule has 0 heterocycles. The molecule has 0 saturated heterocycles. The smallest absolute Gasteiger partial charge is 0.264 e. The van der Waals surface area contributed by atoms with E-state index in [1.807, 2.05) is 19.1 Å². The highest BCUT2D eigenvalue weighted by Crippen LogP contribution is 2.26. The molecule has 3 aromatic rings. The maximum atomic E-state index is 13.4. The highest BCUT2D eigenvalue weighted by Gasteiger charge is 2.27. The molecule has 34 heavy (non-hydrogen) atoms. The summed E-state index contributed by atoms with van der Waals surface area (Å²) in [6.45, 7) is 4.11. The van der Waals surface area contributed by atoms with E-state index in [0.29, 0.717) is 18.0 Å². The third-order valence-electron chi connectivity index (χ3n) is 5.34. The van der Waals surface area contributed by atoms with Crippen molar-refractivity contribution >= 4 is 33.4 Å². The predicted molar refractivity (Wildman–Crippen MR) is 139 cm³/mol. The van der Waals surface area contributed by atoms with Gasteiger partial charge in [0.15, 0.2) is 0 Å². The molecule has 0 radical (unpaired) electrons. The quantitative estimate of drug-likeness (QED) is 0.393. The Labute approximate surface area is 206 Å². The minimum Gasteiger partial charge on any atom is -0.497 e. The molecule has 8 heteroatoms. The number of carbonyl (C=O) groups excluding carboxylic acids is 1. The summed E-state index contributed by atoms with van der Waals surface area (Å²) < 4.78 is 33.1. The first-order valence-corrected chi connectivity index (χ1v) is 13.5. The zero-order valence-corrected chi connectivity index (χ0v) is 21.3. The van der Waals surface area contributed by atoms with Gasteiger partial charge in [0.1, 0.15) is 12.3 Å². The fourth-order valence-electron chi connectivity index (χ4n) is 3.30. The second kappa shape index (κ2) is 11.9. The first kappa shape index (κ1) is 25.6. The van der Waals surface area contributed by atoms with Crippen LogP contribution in [0.2, 0.25) is 0 Å². The monoisotopic (exact) mass is 498 g/mol. The number of rotatable bonds is 11. The van der Waals surface area contributed by atoms with Crippen molar-refractivity contribution in [1.29, 1.82) is 0 Å². The standard InChI is InChI=1S/C26H30N2O4S2/c1-20-8-14-25(15-9-20)34(30,31)28(23-10-12-24(32-3)13-11-23)18-26(29)27-16-17-33-19-22-7-5-4-6-21(22)2/h4-15H,16-19H2,1-3H3,(H,27,29). The Bertz CT molecular complexity index is 1190. The molecule has 0 atom stereocenters. The highest BCUT2D eigenvalue weighted by atomic mass is 32.2. The number of hydrogen-bond acceptors (Lipinski definition) is 5. The molecule has 0 aliphatic rings. The Hall–Kier alpha value is -2.97. The van der Waals surface area contributed by atoms with Gasteiger partial charge >= 0.3 is 0 Å². The molecule has 1 N–H and O–H groups in total. The van der Waals surface area contributed by atoms with Crippen LogP contribution in [0.3, 0.4) is 0 Å². The van der Waals surface area contributed by atoms with E-state index in [0.717, 1.165) is 21.4 Å². The Morgan fingerprint density at radius 2 is 1.65 bits per heavy atom. The molecule has 3 aromatic carbocycles. The number of carbonyl (C=O) groups is 1. The molecule has 0 aromatic heterocycles. The zero-order chi connectivity index (χ0) is 24.6. The van der Waals surface area contributed by atoms with E-state index in [1.165, 1.54) is 11.1 Å². The minimum atomic E-state index is -3.94. The van der Waals surface area contributed by atoms with E-state index >= 15 is 0 Å². The number of nitrogens with one attached hydrogen (secondary N) is 1. The summed E-state index contributed by atoms with van der Waals surface area (Å²) >= 11 is 1.73. The lowest BCUT2D eigenvalue weighted by molar-refractivity contribution is -0.119. The van der Waals surface area contributed by atoms with E-state index in [9.17, 15) is 13.2 Å². The summed E-state index contributed by atoms with van der Waals surface area (Å²) in [5.74, 6) is 1.84. The number of hydrogen-bond donors (Lipinski definition) is 1. The summed E-state index contributed by atoms with van der Waals surface area (Å²) in [7, 11) is -2.39. The number of benzene rings is 3. The summed E-state index contributed by atoms with van der Waals surface area (Å²) in [4.78, 5) is 12.9. The molecule has 0 aliphatic heterocycles. The summed E-state index contributed by atoms with van der Waals surface area (Å²) in [5.41, 5.74) is 3.87. The molecule has 6 nitrogen and oxygen atoms in total. The van der Waals surface area contributed by atoms with Gasteiger partial charge in [-0.2, -0.15) is 11.8 Å². The average Bonchev–Trinajstić information content (AvgIpc) is 2.83. The van der Waals surface area contributed by atoms with E-state index in [4.69, 9.17) is 4.74 Å². The summed E-state index contributed by atoms with van der Waals surface area (Å²) in [6, 6.07) is 21.4. The molecule has 0 aliphatic carbocycles. The number of nitrogens with zero attached hydrogens (tertiary/aromatic N) is 1. The molecule has 0 bridgehead atoms. The normalized spacial score (nSPS) is 11.1. The first-order chi connectivity index (χ1) is 16.3. The second-order valence-electron chi connectivity index (χ2n) is 7.85. The van der Waals surface area contributed by atoms with Gasteiger partial charge in [0, 0.05) is 18.1 Å². The number of aryl methyl sites for hydroxylation is 2. The zero-order valence-electron chi connectivity index (χ0n) is 19.7. The molecule has 0 unspecified atom stereocenters. The molecule has 0 saturated carbocycles. The van der Waals surface area contributed by atoms with Crippen LogP contribution in [0, 0.1) is 13.8 Å². The van der Waals surface area contributed by atoms with Gasteiger partial charge in [-0.3, -0.25) is 9.10 Å². The maximum absolute atomic E-state index is 13.4. The van der Waals surface area contributed by atoms with Crippen molar-refractivity contribution in [1.82, 2.24) is 5.32 Å². The minimum absolute atomic E-state index is 0.135. The number of sulfonamides is 1. The SMILES string of the molecule is COc1ccc(N(CC(=O)NCCSCc2ccccc2C)S(=O)(=O)c2ccc(C)cc2)cc1. The van der Waals surface area contributed by atoms with Gasteiger partial charge in [-0.15, -0.1) is 0 Å². The van der Waals surface area contributed by atoms with Crippen LogP contribution in [0.25, 0.3) is 0 Å². The number of ether oxygens (including phenoxy) is 1. The van der Waals surface area contributed by atoms with Crippen LogP contribution in [-0.2, 0) is 20.6 Å². The number of methoxy groups -OCH3 is 1. The van der Waals surface area contributed by atoms with Crippen LogP contribution in [-0.4, -0.2) is 40.3 Å². The summed E-state index contributed by atoms with van der Waals surface area (Å²) in [6.07, 6.45) is 0. The van der Waals surface area contributed by atoms with Gasteiger partial charge in [0.25, 0.3) is 10.0 Å². The third kappa shape index (κ3) is 6.77. The third-order valence-corrected chi connectivity index (χ3v) is 8.14. The fraction of sp³-hybridized carbons (Fsp3) is 0.269. The number of thioether (sulfide) groups is 1. The molecule has 180 valence electrons. The highest BCUT2D eigenvalue weighted by molar-refractivity contribution is 7.98. The lowest BCUT2D eigenvalue weighted by atomic mass is 10.1. The molecular formula is C26H30N2O4S2. The van der Waals surface area contributed by atoms with Crippen LogP contribution in [0.1, 0.15) is 16.7 Å². The average molecular weight is 499 g/mol. The van der Waals surface area contributed by atoms with Gasteiger partial charge in [-0.25, -0.2) is 8.42 Å². The second-order valence-corrected chi connectivity index (χ2v) is 10.8. The van der Waals surface area contributed by atoms with Gasteiger partial charge in [0.05, 0.1) is 17.7 Å². The molecule has 0 spiro atoms. The van der Waals surface area contributed by atoms with Crippen molar-refractivity contribution in [2.24, 2.45) is 0 Å². The van der Waals surface area contributed by atoms with Crippen molar-refractivity contribution in [3.63, 3.8) is 0 Å². The van der Waals surface area contributed by atoms with Crippen molar-refractivity contribution in [3.8, 4) is 5.75 Å². The molecular weight excluding hydrogens is 468 g/mol. The van der Waals surface area contributed by atoms with E-state index < -0.39 is 10.0 Å². The molecule has 1 amide bonds. The topological polar surface area (TPSA) is 75.7 Å². The van der Waals surface area contributed by atoms with Crippen LogP contribution in [0.5, 0.6) is 5.75 Å².